The van der Waals surface area contributed by atoms with Crippen LogP contribution >= 0.6 is 0 Å². The van der Waals surface area contributed by atoms with Crippen molar-refractivity contribution < 1.29 is 9.84 Å². The fraction of sp³-hybridized carbons (Fsp3) is 0.571. The number of benzene rings is 1. The Labute approximate surface area is 104 Å². The van der Waals surface area contributed by atoms with Crippen molar-refractivity contribution in [3.05, 3.63) is 29.3 Å². The van der Waals surface area contributed by atoms with Gasteiger partial charge in [-0.3, -0.25) is 0 Å². The molecule has 1 aromatic carbocycles. The SMILES string of the molecule is Cc1cccc(C)c1OCC(CO)NC(C)C. The molecule has 1 unspecified atom stereocenters. The van der Waals surface area contributed by atoms with E-state index >= 15 is 0 Å². The topological polar surface area (TPSA) is 41.5 Å². The molecule has 1 rings (SSSR count). The Bertz CT molecular complexity index is 330. The molecule has 0 aliphatic rings. The smallest absolute Gasteiger partial charge is 0.125 e. The summed E-state index contributed by atoms with van der Waals surface area (Å²) in [6.45, 7) is 8.76. The summed E-state index contributed by atoms with van der Waals surface area (Å²) in [5.74, 6) is 0.927. The van der Waals surface area contributed by atoms with Crippen molar-refractivity contribution in [3.63, 3.8) is 0 Å². The quantitative estimate of drug-likeness (QED) is 0.795. The first kappa shape index (κ1) is 14.0. The Hall–Kier alpha value is -1.06. The molecule has 17 heavy (non-hydrogen) atoms. The van der Waals surface area contributed by atoms with Crippen molar-refractivity contribution in [2.24, 2.45) is 0 Å². The predicted octanol–water partition coefficient (Wildman–Crippen LogP) is 2.04. The molecule has 96 valence electrons. The van der Waals surface area contributed by atoms with Crippen LogP contribution in [-0.2, 0) is 0 Å². The van der Waals surface area contributed by atoms with Crippen LogP contribution < -0.4 is 10.1 Å². The summed E-state index contributed by atoms with van der Waals surface area (Å²) in [5.41, 5.74) is 2.26. The number of nitrogens with one attached hydrogen (secondary N) is 1. The van der Waals surface area contributed by atoms with Gasteiger partial charge in [0, 0.05) is 6.04 Å². The Balaban J connectivity index is 2.59. The molecule has 3 nitrogen and oxygen atoms in total. The first-order chi connectivity index (χ1) is 8.04. The van der Waals surface area contributed by atoms with Gasteiger partial charge in [-0.05, 0) is 25.0 Å². The van der Waals surface area contributed by atoms with Gasteiger partial charge in [0.1, 0.15) is 12.4 Å². The predicted molar refractivity (Wildman–Crippen MR) is 70.6 cm³/mol. The zero-order chi connectivity index (χ0) is 12.8. The molecule has 0 spiro atoms. The van der Waals surface area contributed by atoms with Crippen molar-refractivity contribution in [1.29, 1.82) is 0 Å². The van der Waals surface area contributed by atoms with Crippen LogP contribution in [0.3, 0.4) is 0 Å². The summed E-state index contributed by atoms with van der Waals surface area (Å²) in [7, 11) is 0. The van der Waals surface area contributed by atoms with Crippen molar-refractivity contribution >= 4 is 0 Å². The molecule has 1 aromatic rings. The molecule has 0 amide bonds. The van der Waals surface area contributed by atoms with E-state index < -0.39 is 0 Å². The van der Waals surface area contributed by atoms with Crippen LogP contribution in [0.2, 0.25) is 0 Å². The van der Waals surface area contributed by atoms with E-state index in [1.165, 1.54) is 0 Å². The van der Waals surface area contributed by atoms with Crippen molar-refractivity contribution in [3.8, 4) is 5.75 Å². The molecule has 0 aliphatic heterocycles. The minimum absolute atomic E-state index is 0.0194. The summed E-state index contributed by atoms with van der Waals surface area (Å²) in [6.07, 6.45) is 0. The number of hydrogen-bond donors (Lipinski definition) is 2. The highest BCUT2D eigenvalue weighted by Crippen LogP contribution is 2.22. The third-order valence-corrected chi connectivity index (χ3v) is 2.63. The molecule has 0 radical (unpaired) electrons. The molecule has 3 heteroatoms. The van der Waals surface area contributed by atoms with Gasteiger partial charge in [0.25, 0.3) is 0 Å². The summed E-state index contributed by atoms with van der Waals surface area (Å²) >= 11 is 0. The third-order valence-electron chi connectivity index (χ3n) is 2.63. The van der Waals surface area contributed by atoms with Crippen LogP contribution in [0.4, 0.5) is 0 Å². The second-order valence-corrected chi connectivity index (χ2v) is 4.73. The van der Waals surface area contributed by atoms with E-state index in [4.69, 9.17) is 4.74 Å². The van der Waals surface area contributed by atoms with Crippen LogP contribution in [-0.4, -0.2) is 30.4 Å². The van der Waals surface area contributed by atoms with Gasteiger partial charge in [0.2, 0.25) is 0 Å². The van der Waals surface area contributed by atoms with E-state index in [2.05, 4.69) is 19.2 Å². The van der Waals surface area contributed by atoms with Gasteiger partial charge in [-0.15, -0.1) is 0 Å². The van der Waals surface area contributed by atoms with E-state index in [1.54, 1.807) is 0 Å². The second kappa shape index (κ2) is 6.62. The van der Waals surface area contributed by atoms with E-state index in [0.717, 1.165) is 16.9 Å². The largest absolute Gasteiger partial charge is 0.491 e. The molecule has 0 heterocycles. The van der Waals surface area contributed by atoms with E-state index in [1.807, 2.05) is 32.0 Å². The zero-order valence-corrected chi connectivity index (χ0v) is 11.2. The summed E-state index contributed by atoms with van der Waals surface area (Å²) < 4.78 is 5.80. The molecule has 0 fully saturated rings. The maximum absolute atomic E-state index is 9.25. The lowest BCUT2D eigenvalue weighted by molar-refractivity contribution is 0.176. The normalized spacial score (nSPS) is 12.8. The number of para-hydroxylation sites is 1. The van der Waals surface area contributed by atoms with E-state index in [0.29, 0.717) is 12.6 Å². The average molecular weight is 237 g/mol. The van der Waals surface area contributed by atoms with Crippen molar-refractivity contribution in [2.45, 2.75) is 39.8 Å². The Morgan fingerprint density at radius 3 is 2.29 bits per heavy atom. The van der Waals surface area contributed by atoms with Crippen LogP contribution in [0.25, 0.3) is 0 Å². The molecule has 0 saturated heterocycles. The maximum Gasteiger partial charge on any atom is 0.125 e. The second-order valence-electron chi connectivity index (χ2n) is 4.73. The molecular formula is C14H23NO2. The Morgan fingerprint density at radius 2 is 1.82 bits per heavy atom. The van der Waals surface area contributed by atoms with Gasteiger partial charge >= 0.3 is 0 Å². The van der Waals surface area contributed by atoms with Crippen molar-refractivity contribution in [1.82, 2.24) is 5.32 Å². The van der Waals surface area contributed by atoms with Crippen LogP contribution in [0.15, 0.2) is 18.2 Å². The monoisotopic (exact) mass is 237 g/mol. The lowest BCUT2D eigenvalue weighted by atomic mass is 10.1. The van der Waals surface area contributed by atoms with E-state index in [-0.39, 0.29) is 12.6 Å². The Kier molecular flexibility index (Phi) is 5.45. The van der Waals surface area contributed by atoms with Gasteiger partial charge in [-0.2, -0.15) is 0 Å². The molecule has 2 N–H and O–H groups in total. The standard InChI is InChI=1S/C14H23NO2/c1-10(2)15-13(8-16)9-17-14-11(3)6-5-7-12(14)4/h5-7,10,13,15-16H,8-9H2,1-4H3. The minimum Gasteiger partial charge on any atom is -0.491 e. The fourth-order valence-corrected chi connectivity index (χ4v) is 1.84. The molecule has 0 aromatic heterocycles. The molecule has 0 aliphatic carbocycles. The lowest BCUT2D eigenvalue weighted by Gasteiger charge is -2.21. The number of rotatable bonds is 6. The number of aryl methyl sites for hydroxylation is 2. The number of ether oxygens (including phenoxy) is 1. The van der Waals surface area contributed by atoms with Gasteiger partial charge in [0.15, 0.2) is 0 Å². The number of hydrogen-bond acceptors (Lipinski definition) is 3. The van der Waals surface area contributed by atoms with Gasteiger partial charge in [-0.1, -0.05) is 32.0 Å². The van der Waals surface area contributed by atoms with Crippen LogP contribution in [0.1, 0.15) is 25.0 Å². The summed E-state index contributed by atoms with van der Waals surface area (Å²) in [6, 6.07) is 6.41. The lowest BCUT2D eigenvalue weighted by Crippen LogP contribution is -2.41. The summed E-state index contributed by atoms with van der Waals surface area (Å²) in [5, 5.41) is 12.5. The zero-order valence-electron chi connectivity index (χ0n) is 11.2. The highest BCUT2D eigenvalue weighted by Gasteiger charge is 2.11. The highest BCUT2D eigenvalue weighted by atomic mass is 16.5. The van der Waals surface area contributed by atoms with Gasteiger partial charge < -0.3 is 15.2 Å². The number of aliphatic hydroxyl groups is 1. The maximum atomic E-state index is 9.25. The molecular weight excluding hydrogens is 214 g/mol. The van der Waals surface area contributed by atoms with Crippen molar-refractivity contribution in [2.75, 3.05) is 13.2 Å². The molecule has 1 atom stereocenters. The minimum atomic E-state index is -0.0194. The average Bonchev–Trinajstić information content (AvgIpc) is 2.26. The molecule has 0 saturated carbocycles. The number of aliphatic hydroxyl groups excluding tert-OH is 1. The van der Waals surface area contributed by atoms with Crippen LogP contribution in [0, 0.1) is 13.8 Å². The fourth-order valence-electron chi connectivity index (χ4n) is 1.84. The summed E-state index contributed by atoms with van der Waals surface area (Å²) in [4.78, 5) is 0. The van der Waals surface area contributed by atoms with Gasteiger partial charge in [-0.25, -0.2) is 0 Å². The van der Waals surface area contributed by atoms with Gasteiger partial charge in [0.05, 0.1) is 12.6 Å². The van der Waals surface area contributed by atoms with E-state index in [9.17, 15) is 5.11 Å². The Morgan fingerprint density at radius 1 is 1.24 bits per heavy atom. The third kappa shape index (κ3) is 4.36. The van der Waals surface area contributed by atoms with Crippen LogP contribution in [0.5, 0.6) is 5.75 Å². The highest BCUT2D eigenvalue weighted by molar-refractivity contribution is 5.39. The first-order valence-electron chi connectivity index (χ1n) is 6.10. The molecule has 0 bridgehead atoms. The first-order valence-corrected chi connectivity index (χ1v) is 6.10.